The van der Waals surface area contributed by atoms with Gasteiger partial charge in [0.25, 0.3) is 5.91 Å². The van der Waals surface area contributed by atoms with E-state index >= 15 is 0 Å². The van der Waals surface area contributed by atoms with Crippen LogP contribution in [-0.2, 0) is 6.42 Å². The first-order valence-corrected chi connectivity index (χ1v) is 11.1. The predicted molar refractivity (Wildman–Crippen MR) is 119 cm³/mol. The molecule has 0 bridgehead atoms. The zero-order valence-electron chi connectivity index (χ0n) is 18.0. The number of Topliss-reactive ketones (excluding diaryl/α,β-unsaturated/α-hetero) is 1. The second kappa shape index (κ2) is 7.84. The SMILES string of the molecule is CCc1[nH]nc(C(=O)N2CCC[C@@H]([C@@H]3CC(=O)c4c(ccc5ccccc45)O3)C2)c1C. The van der Waals surface area contributed by atoms with Crippen LogP contribution in [-0.4, -0.2) is 46.0 Å². The number of H-pyrrole nitrogens is 1. The molecule has 3 heterocycles. The van der Waals surface area contributed by atoms with E-state index in [0.717, 1.165) is 41.3 Å². The number of fused-ring (bicyclic) bond motifs is 3. The largest absolute Gasteiger partial charge is 0.489 e. The number of ether oxygens (including phenoxy) is 1. The van der Waals surface area contributed by atoms with Crippen LogP contribution in [0.3, 0.4) is 0 Å². The van der Waals surface area contributed by atoms with Gasteiger partial charge in [0.05, 0.1) is 5.56 Å². The Labute approximate surface area is 181 Å². The highest BCUT2D eigenvalue weighted by atomic mass is 16.5. The van der Waals surface area contributed by atoms with Crippen molar-refractivity contribution >= 4 is 22.5 Å². The van der Waals surface area contributed by atoms with Crippen molar-refractivity contribution in [1.82, 2.24) is 15.1 Å². The van der Waals surface area contributed by atoms with E-state index in [0.29, 0.717) is 36.5 Å². The molecule has 1 amide bonds. The molecular formula is C25H27N3O3. The van der Waals surface area contributed by atoms with Crippen LogP contribution in [0.4, 0.5) is 0 Å². The van der Waals surface area contributed by atoms with E-state index in [1.165, 1.54) is 0 Å². The zero-order chi connectivity index (χ0) is 21.5. The molecule has 6 heteroatoms. The quantitative estimate of drug-likeness (QED) is 0.689. The molecule has 1 N–H and O–H groups in total. The summed E-state index contributed by atoms with van der Waals surface area (Å²) in [6, 6.07) is 11.8. The first kappa shape index (κ1) is 19.8. The lowest BCUT2D eigenvalue weighted by molar-refractivity contribution is 0.0407. The Morgan fingerprint density at radius 1 is 1.26 bits per heavy atom. The van der Waals surface area contributed by atoms with E-state index in [1.54, 1.807) is 0 Å². The Bertz CT molecular complexity index is 1170. The molecule has 1 fully saturated rings. The third-order valence-electron chi connectivity index (χ3n) is 6.77. The maximum absolute atomic E-state index is 13.1. The lowest BCUT2D eigenvalue weighted by atomic mass is 9.85. The van der Waals surface area contributed by atoms with Crippen molar-refractivity contribution in [1.29, 1.82) is 0 Å². The molecule has 1 aromatic heterocycles. The summed E-state index contributed by atoms with van der Waals surface area (Å²) in [5.74, 6) is 0.888. The molecule has 6 nitrogen and oxygen atoms in total. The number of ketones is 1. The van der Waals surface area contributed by atoms with Crippen LogP contribution >= 0.6 is 0 Å². The number of aromatic amines is 1. The van der Waals surface area contributed by atoms with E-state index in [1.807, 2.05) is 55.1 Å². The molecule has 5 rings (SSSR count). The monoisotopic (exact) mass is 417 g/mol. The number of nitrogens with one attached hydrogen (secondary N) is 1. The second-order valence-electron chi connectivity index (χ2n) is 8.63. The Kier molecular flexibility index (Phi) is 5.00. The van der Waals surface area contributed by atoms with Crippen LogP contribution in [0.25, 0.3) is 10.8 Å². The number of carbonyl (C=O) groups is 2. The second-order valence-corrected chi connectivity index (χ2v) is 8.63. The number of likely N-dealkylation sites (tertiary alicyclic amines) is 1. The molecule has 0 unspecified atom stereocenters. The lowest BCUT2D eigenvalue weighted by Crippen LogP contribution is -2.46. The minimum Gasteiger partial charge on any atom is -0.489 e. The van der Waals surface area contributed by atoms with Crippen molar-refractivity contribution in [2.45, 2.75) is 45.6 Å². The molecule has 2 aliphatic rings. The fourth-order valence-corrected chi connectivity index (χ4v) is 5.02. The molecule has 0 aliphatic carbocycles. The van der Waals surface area contributed by atoms with Gasteiger partial charge < -0.3 is 9.64 Å². The predicted octanol–water partition coefficient (Wildman–Crippen LogP) is 4.32. The highest BCUT2D eigenvalue weighted by molar-refractivity contribution is 6.11. The number of benzene rings is 2. The number of amides is 1. The van der Waals surface area contributed by atoms with Gasteiger partial charge in [-0.15, -0.1) is 0 Å². The summed E-state index contributed by atoms with van der Waals surface area (Å²) in [5.41, 5.74) is 3.13. The fourth-order valence-electron chi connectivity index (χ4n) is 5.02. The van der Waals surface area contributed by atoms with Gasteiger partial charge in [0, 0.05) is 36.7 Å². The van der Waals surface area contributed by atoms with E-state index in [2.05, 4.69) is 10.2 Å². The smallest absolute Gasteiger partial charge is 0.274 e. The minimum absolute atomic E-state index is 0.0355. The highest BCUT2D eigenvalue weighted by Gasteiger charge is 2.37. The van der Waals surface area contributed by atoms with Crippen LogP contribution < -0.4 is 4.74 Å². The Morgan fingerprint density at radius 3 is 2.90 bits per heavy atom. The topological polar surface area (TPSA) is 75.3 Å². The van der Waals surface area contributed by atoms with Crippen molar-refractivity contribution < 1.29 is 14.3 Å². The van der Waals surface area contributed by atoms with Gasteiger partial charge in [-0.05, 0) is 43.0 Å². The molecule has 2 aliphatic heterocycles. The van der Waals surface area contributed by atoms with Crippen LogP contribution in [0.2, 0.25) is 0 Å². The summed E-state index contributed by atoms with van der Waals surface area (Å²) in [7, 11) is 0. The molecule has 0 radical (unpaired) electrons. The van der Waals surface area contributed by atoms with Gasteiger partial charge in [0.2, 0.25) is 0 Å². The average Bonchev–Trinajstić information content (AvgIpc) is 3.18. The summed E-state index contributed by atoms with van der Waals surface area (Å²) < 4.78 is 6.35. The van der Waals surface area contributed by atoms with Crippen molar-refractivity contribution in [3.05, 3.63) is 58.9 Å². The maximum atomic E-state index is 13.1. The highest BCUT2D eigenvalue weighted by Crippen LogP contribution is 2.37. The van der Waals surface area contributed by atoms with Crippen LogP contribution in [0.15, 0.2) is 36.4 Å². The van der Waals surface area contributed by atoms with Gasteiger partial charge in [-0.25, -0.2) is 0 Å². The van der Waals surface area contributed by atoms with E-state index in [9.17, 15) is 9.59 Å². The number of hydrogen-bond donors (Lipinski definition) is 1. The molecule has 1 saturated heterocycles. The standard InChI is InChI=1S/C25H27N3O3/c1-3-19-15(2)24(27-26-19)25(30)28-12-6-8-17(14-28)22-13-20(29)23-18-9-5-4-7-16(18)10-11-21(23)31-22/h4-5,7,9-11,17,22H,3,6,8,12-14H2,1-2H3,(H,26,27)/t17-,22+/m1/s1. The van der Waals surface area contributed by atoms with Gasteiger partial charge >= 0.3 is 0 Å². The normalized spacial score (nSPS) is 21.1. The van der Waals surface area contributed by atoms with Crippen molar-refractivity contribution in [2.24, 2.45) is 5.92 Å². The summed E-state index contributed by atoms with van der Waals surface area (Å²) >= 11 is 0. The third kappa shape index (κ3) is 3.40. The zero-order valence-corrected chi connectivity index (χ0v) is 18.0. The van der Waals surface area contributed by atoms with Crippen LogP contribution in [0.1, 0.15) is 58.3 Å². The molecule has 0 saturated carbocycles. The number of aryl methyl sites for hydroxylation is 1. The summed E-state index contributed by atoms with van der Waals surface area (Å²) in [6.45, 7) is 5.30. The molecule has 2 aromatic carbocycles. The van der Waals surface area contributed by atoms with Gasteiger partial charge in [0.1, 0.15) is 11.9 Å². The molecular weight excluding hydrogens is 390 g/mol. The number of hydrogen-bond acceptors (Lipinski definition) is 4. The Morgan fingerprint density at radius 2 is 2.10 bits per heavy atom. The number of rotatable bonds is 3. The minimum atomic E-state index is -0.205. The van der Waals surface area contributed by atoms with E-state index < -0.39 is 0 Å². The van der Waals surface area contributed by atoms with Gasteiger partial charge in [-0.3, -0.25) is 14.7 Å². The number of aromatic nitrogens is 2. The molecule has 2 atom stereocenters. The lowest BCUT2D eigenvalue weighted by Gasteiger charge is -2.38. The van der Waals surface area contributed by atoms with Gasteiger partial charge in [-0.2, -0.15) is 5.10 Å². The van der Waals surface area contributed by atoms with Crippen molar-refractivity contribution in [2.75, 3.05) is 13.1 Å². The van der Waals surface area contributed by atoms with Gasteiger partial charge in [-0.1, -0.05) is 37.3 Å². The molecule has 160 valence electrons. The number of piperidine rings is 1. The molecule has 3 aromatic rings. The number of nitrogens with zero attached hydrogens (tertiary/aromatic N) is 2. The van der Waals surface area contributed by atoms with Crippen molar-refractivity contribution in [3.63, 3.8) is 0 Å². The van der Waals surface area contributed by atoms with E-state index in [4.69, 9.17) is 4.74 Å². The van der Waals surface area contributed by atoms with Crippen molar-refractivity contribution in [3.8, 4) is 5.75 Å². The van der Waals surface area contributed by atoms with E-state index in [-0.39, 0.29) is 23.7 Å². The molecule has 31 heavy (non-hydrogen) atoms. The van der Waals surface area contributed by atoms with Gasteiger partial charge in [0.15, 0.2) is 11.5 Å². The van der Waals surface area contributed by atoms with Crippen LogP contribution in [0, 0.1) is 12.8 Å². The first-order chi connectivity index (χ1) is 15.1. The maximum Gasteiger partial charge on any atom is 0.274 e. The molecule has 0 spiro atoms. The third-order valence-corrected chi connectivity index (χ3v) is 6.77. The average molecular weight is 418 g/mol. The first-order valence-electron chi connectivity index (χ1n) is 11.1. The van der Waals surface area contributed by atoms with Crippen LogP contribution in [0.5, 0.6) is 5.75 Å². The fraction of sp³-hybridized carbons (Fsp3) is 0.400. The Hall–Kier alpha value is -3.15. The summed E-state index contributed by atoms with van der Waals surface area (Å²) in [4.78, 5) is 28.1. The Balaban J connectivity index is 1.36. The summed E-state index contributed by atoms with van der Waals surface area (Å²) in [5, 5.41) is 9.25. The summed E-state index contributed by atoms with van der Waals surface area (Å²) in [6.07, 6.45) is 2.82. The number of carbonyl (C=O) groups excluding carboxylic acids is 2.